The van der Waals surface area contributed by atoms with E-state index in [0.29, 0.717) is 22.6 Å². The highest BCUT2D eigenvalue weighted by atomic mass is 16.5. The van der Waals surface area contributed by atoms with Crippen molar-refractivity contribution in [1.82, 2.24) is 0 Å². The van der Waals surface area contributed by atoms with Crippen LogP contribution < -0.4 is 9.47 Å². The molecule has 0 saturated heterocycles. The molecule has 2 aromatic carbocycles. The summed E-state index contributed by atoms with van der Waals surface area (Å²) in [6.07, 6.45) is 0. The number of hydrogen-bond acceptors (Lipinski definition) is 4. The Morgan fingerprint density at radius 3 is 0.882 bits per heavy atom. The Kier molecular flexibility index (Phi) is 7.13. The second kappa shape index (κ2) is 8.70. The Bertz CT molecular complexity index is 978. The van der Waals surface area contributed by atoms with Crippen molar-refractivity contribution in [2.75, 3.05) is 14.2 Å². The zero-order chi connectivity index (χ0) is 26.6. The van der Waals surface area contributed by atoms with Crippen LogP contribution in [0.3, 0.4) is 0 Å². The van der Waals surface area contributed by atoms with E-state index < -0.39 is 0 Å². The number of methoxy groups -OCH3 is 2. The van der Waals surface area contributed by atoms with Crippen molar-refractivity contribution in [3.05, 3.63) is 34.4 Å². The molecule has 0 bridgehead atoms. The van der Waals surface area contributed by atoms with Crippen LogP contribution in [0.15, 0.2) is 12.1 Å². The highest BCUT2D eigenvalue weighted by Gasteiger charge is 2.36. The molecule has 0 fully saturated rings. The van der Waals surface area contributed by atoms with E-state index in [2.05, 4.69) is 83.1 Å². The SMILES string of the molecule is COc1c(C(C)(C)C)cc(C(C)(C)C)c(O)c1-c1c(O)c(C(C)(C)C)cc(C(C)(C)C)c1OC. The van der Waals surface area contributed by atoms with Crippen LogP contribution in [-0.4, -0.2) is 24.4 Å². The Morgan fingerprint density at radius 2 is 0.706 bits per heavy atom. The molecule has 2 aromatic rings. The van der Waals surface area contributed by atoms with Crippen molar-refractivity contribution in [1.29, 1.82) is 0 Å². The number of ether oxygens (including phenoxy) is 2. The standard InChI is InChI=1S/C30H46O4/c1-27(2,3)17-15-19(29(7,8)9)25(33-13)21(23(17)31)22-24(32)18(28(4,5)6)16-20(26(22)34-14)30(10,11)12/h15-16,31-32H,1-14H3. The largest absolute Gasteiger partial charge is 0.507 e. The summed E-state index contributed by atoms with van der Waals surface area (Å²) in [6, 6.07) is 4.08. The first-order chi connectivity index (χ1) is 15.2. The monoisotopic (exact) mass is 470 g/mol. The number of phenols is 2. The fourth-order valence-corrected chi connectivity index (χ4v) is 4.46. The van der Waals surface area contributed by atoms with E-state index in [4.69, 9.17) is 9.47 Å². The van der Waals surface area contributed by atoms with Gasteiger partial charge in [-0.2, -0.15) is 0 Å². The van der Waals surface area contributed by atoms with E-state index in [9.17, 15) is 10.2 Å². The van der Waals surface area contributed by atoms with Crippen molar-refractivity contribution in [2.45, 2.75) is 105 Å². The number of hydrogen-bond donors (Lipinski definition) is 2. The highest BCUT2D eigenvalue weighted by Crippen LogP contribution is 2.57. The van der Waals surface area contributed by atoms with Gasteiger partial charge in [-0.3, -0.25) is 0 Å². The first kappa shape index (κ1) is 27.9. The Balaban J connectivity index is 3.34. The summed E-state index contributed by atoms with van der Waals surface area (Å²) in [5.74, 6) is 1.32. The summed E-state index contributed by atoms with van der Waals surface area (Å²) >= 11 is 0. The maximum atomic E-state index is 11.8. The van der Waals surface area contributed by atoms with Crippen molar-refractivity contribution >= 4 is 0 Å². The maximum absolute atomic E-state index is 11.8. The zero-order valence-electron chi connectivity index (χ0n) is 23.9. The molecule has 0 unspecified atom stereocenters. The average molecular weight is 471 g/mol. The Hall–Kier alpha value is -2.36. The van der Waals surface area contributed by atoms with Crippen LogP contribution in [0.4, 0.5) is 0 Å². The summed E-state index contributed by atoms with van der Waals surface area (Å²) in [6.45, 7) is 25.2. The van der Waals surface area contributed by atoms with Crippen LogP contribution in [0.2, 0.25) is 0 Å². The molecule has 0 aliphatic carbocycles. The molecule has 0 aromatic heterocycles. The van der Waals surface area contributed by atoms with Gasteiger partial charge in [0.1, 0.15) is 23.0 Å². The molecule has 0 radical (unpaired) electrons. The first-order valence-corrected chi connectivity index (χ1v) is 12.1. The number of phenolic OH excluding ortho intramolecular Hbond substituents is 2. The van der Waals surface area contributed by atoms with Crippen LogP contribution in [0.1, 0.15) is 105 Å². The van der Waals surface area contributed by atoms with Gasteiger partial charge < -0.3 is 19.7 Å². The number of aromatic hydroxyl groups is 2. The minimum Gasteiger partial charge on any atom is -0.507 e. The summed E-state index contributed by atoms with van der Waals surface area (Å²) < 4.78 is 12.0. The van der Waals surface area contributed by atoms with Crippen LogP contribution >= 0.6 is 0 Å². The van der Waals surface area contributed by atoms with Gasteiger partial charge in [0.05, 0.1) is 25.3 Å². The predicted octanol–water partition coefficient (Wildman–Crippen LogP) is 7.97. The van der Waals surface area contributed by atoms with Crippen LogP contribution in [0.5, 0.6) is 23.0 Å². The minimum absolute atomic E-state index is 0.108. The predicted molar refractivity (Wildman–Crippen MR) is 143 cm³/mol. The van der Waals surface area contributed by atoms with Gasteiger partial charge in [0.15, 0.2) is 0 Å². The summed E-state index contributed by atoms with van der Waals surface area (Å²) in [5, 5.41) is 23.5. The van der Waals surface area contributed by atoms with E-state index in [-0.39, 0.29) is 33.2 Å². The van der Waals surface area contributed by atoms with Gasteiger partial charge in [-0.25, -0.2) is 0 Å². The number of rotatable bonds is 3. The molecular weight excluding hydrogens is 424 g/mol. The summed E-state index contributed by atoms with van der Waals surface area (Å²) in [5.41, 5.74) is 3.31. The molecule has 190 valence electrons. The van der Waals surface area contributed by atoms with Gasteiger partial charge in [-0.05, 0) is 33.8 Å². The van der Waals surface area contributed by atoms with Crippen molar-refractivity contribution in [3.63, 3.8) is 0 Å². The van der Waals surface area contributed by atoms with Crippen molar-refractivity contribution in [3.8, 4) is 34.1 Å². The molecule has 34 heavy (non-hydrogen) atoms. The third kappa shape index (κ3) is 5.01. The van der Waals surface area contributed by atoms with E-state index >= 15 is 0 Å². The molecule has 0 heterocycles. The second-order valence-electron chi connectivity index (χ2n) is 13.5. The molecular formula is C30H46O4. The van der Waals surface area contributed by atoms with Gasteiger partial charge in [0.25, 0.3) is 0 Å². The lowest BCUT2D eigenvalue weighted by molar-refractivity contribution is 0.378. The fraction of sp³-hybridized carbons (Fsp3) is 0.600. The molecule has 2 N–H and O–H groups in total. The molecule has 2 rings (SSSR count). The Morgan fingerprint density at radius 1 is 0.471 bits per heavy atom. The van der Waals surface area contributed by atoms with Crippen LogP contribution in [0.25, 0.3) is 11.1 Å². The molecule has 0 aliphatic rings. The third-order valence-corrected chi connectivity index (χ3v) is 6.39. The van der Waals surface area contributed by atoms with Crippen LogP contribution in [0, 0.1) is 0 Å². The lowest BCUT2D eigenvalue weighted by Gasteiger charge is -2.33. The van der Waals surface area contributed by atoms with Gasteiger partial charge in [-0.15, -0.1) is 0 Å². The van der Waals surface area contributed by atoms with E-state index in [1.807, 2.05) is 12.1 Å². The summed E-state index contributed by atoms with van der Waals surface area (Å²) in [7, 11) is 3.23. The molecule has 0 saturated carbocycles. The normalized spacial score (nSPS) is 13.2. The lowest BCUT2D eigenvalue weighted by atomic mass is 9.74. The van der Waals surface area contributed by atoms with E-state index in [1.165, 1.54) is 0 Å². The molecule has 4 heteroatoms. The fourth-order valence-electron chi connectivity index (χ4n) is 4.46. The molecule has 0 aliphatic heterocycles. The number of benzene rings is 2. The zero-order valence-corrected chi connectivity index (χ0v) is 23.9. The smallest absolute Gasteiger partial charge is 0.134 e. The maximum Gasteiger partial charge on any atom is 0.134 e. The van der Waals surface area contributed by atoms with Crippen LogP contribution in [-0.2, 0) is 21.7 Å². The van der Waals surface area contributed by atoms with Crippen molar-refractivity contribution in [2.24, 2.45) is 0 Å². The second-order valence-corrected chi connectivity index (χ2v) is 13.5. The Labute approximate surface area is 207 Å². The molecule has 0 atom stereocenters. The van der Waals surface area contributed by atoms with E-state index in [0.717, 1.165) is 22.3 Å². The average Bonchev–Trinajstić information content (AvgIpc) is 2.63. The first-order valence-electron chi connectivity index (χ1n) is 12.1. The third-order valence-electron chi connectivity index (χ3n) is 6.39. The molecule has 4 nitrogen and oxygen atoms in total. The molecule has 0 amide bonds. The van der Waals surface area contributed by atoms with Gasteiger partial charge >= 0.3 is 0 Å². The minimum atomic E-state index is -0.331. The molecule has 0 spiro atoms. The topological polar surface area (TPSA) is 58.9 Å². The van der Waals surface area contributed by atoms with Gasteiger partial charge in [0.2, 0.25) is 0 Å². The van der Waals surface area contributed by atoms with E-state index in [1.54, 1.807) is 14.2 Å². The quantitative estimate of drug-likeness (QED) is 0.477. The van der Waals surface area contributed by atoms with Gasteiger partial charge in [0, 0.05) is 22.3 Å². The van der Waals surface area contributed by atoms with Gasteiger partial charge in [-0.1, -0.05) is 83.1 Å². The highest BCUT2D eigenvalue weighted by molar-refractivity contribution is 5.90. The van der Waals surface area contributed by atoms with Crippen molar-refractivity contribution < 1.29 is 19.7 Å². The lowest BCUT2D eigenvalue weighted by Crippen LogP contribution is -2.20. The summed E-state index contributed by atoms with van der Waals surface area (Å²) in [4.78, 5) is 0.